The molecular weight excluding hydrogens is 434 g/mol. The van der Waals surface area contributed by atoms with Crippen LogP contribution >= 0.6 is 11.8 Å². The third kappa shape index (κ3) is 4.96. The van der Waals surface area contributed by atoms with Crippen molar-refractivity contribution in [1.82, 2.24) is 24.4 Å². The van der Waals surface area contributed by atoms with Gasteiger partial charge in [-0.1, -0.05) is 36.0 Å². The summed E-state index contributed by atoms with van der Waals surface area (Å²) in [5, 5.41) is 3.91. The van der Waals surface area contributed by atoms with Gasteiger partial charge in [0.15, 0.2) is 5.16 Å². The first-order chi connectivity index (χ1) is 16.0. The standard InChI is InChI=1S/C25H27N5O2S/c1-17-7-5-10-21(18(17)2)30-14-12-27-25(30)33-16-22(31)28-23(24-26-11-13-29(24)3)19-8-6-9-20(15-19)32-4/h5-15,23H,16H2,1-4H3,(H,28,31)/t23-/m0/s1. The molecule has 0 saturated heterocycles. The molecule has 7 nitrogen and oxygen atoms in total. The molecule has 0 radical (unpaired) electrons. The second kappa shape index (κ2) is 9.95. The Kier molecular flexibility index (Phi) is 6.84. The molecule has 2 aromatic carbocycles. The van der Waals surface area contributed by atoms with Gasteiger partial charge in [-0.25, -0.2) is 9.97 Å². The minimum Gasteiger partial charge on any atom is -0.497 e. The van der Waals surface area contributed by atoms with E-state index in [4.69, 9.17) is 4.74 Å². The molecule has 1 atom stereocenters. The molecule has 4 rings (SSSR count). The van der Waals surface area contributed by atoms with Gasteiger partial charge < -0.3 is 14.6 Å². The smallest absolute Gasteiger partial charge is 0.231 e. The van der Waals surface area contributed by atoms with Crippen molar-refractivity contribution in [3.8, 4) is 11.4 Å². The van der Waals surface area contributed by atoms with Crippen LogP contribution in [0.3, 0.4) is 0 Å². The summed E-state index contributed by atoms with van der Waals surface area (Å²) in [5.74, 6) is 1.60. The molecule has 33 heavy (non-hydrogen) atoms. The lowest BCUT2D eigenvalue weighted by atomic mass is 10.1. The van der Waals surface area contributed by atoms with Crippen molar-refractivity contribution < 1.29 is 9.53 Å². The quantitative estimate of drug-likeness (QED) is 0.398. The maximum absolute atomic E-state index is 13.0. The van der Waals surface area contributed by atoms with Gasteiger partial charge in [-0.2, -0.15) is 0 Å². The number of carbonyl (C=O) groups excluding carboxylic acids is 1. The van der Waals surface area contributed by atoms with Crippen molar-refractivity contribution >= 4 is 17.7 Å². The van der Waals surface area contributed by atoms with Crippen LogP contribution in [0.1, 0.15) is 28.6 Å². The molecule has 2 heterocycles. The third-order valence-electron chi connectivity index (χ3n) is 5.62. The Bertz CT molecular complexity index is 1260. The average molecular weight is 462 g/mol. The Balaban J connectivity index is 1.52. The summed E-state index contributed by atoms with van der Waals surface area (Å²) in [6.07, 6.45) is 7.28. The Morgan fingerprint density at radius 3 is 2.67 bits per heavy atom. The number of methoxy groups -OCH3 is 1. The van der Waals surface area contributed by atoms with Crippen molar-refractivity contribution in [2.45, 2.75) is 25.0 Å². The summed E-state index contributed by atoms with van der Waals surface area (Å²) < 4.78 is 9.31. The highest BCUT2D eigenvalue weighted by Crippen LogP contribution is 2.26. The van der Waals surface area contributed by atoms with Crippen LogP contribution in [0.25, 0.3) is 5.69 Å². The van der Waals surface area contributed by atoms with E-state index in [1.165, 1.54) is 22.9 Å². The first kappa shape index (κ1) is 22.7. The number of amides is 1. The summed E-state index contributed by atoms with van der Waals surface area (Å²) in [6, 6.07) is 13.5. The third-order valence-corrected chi connectivity index (χ3v) is 6.59. The average Bonchev–Trinajstić information content (AvgIpc) is 3.46. The van der Waals surface area contributed by atoms with Crippen molar-refractivity contribution in [2.75, 3.05) is 12.9 Å². The van der Waals surface area contributed by atoms with Gasteiger partial charge in [0.2, 0.25) is 5.91 Å². The number of thioether (sulfide) groups is 1. The van der Waals surface area contributed by atoms with E-state index in [2.05, 4.69) is 41.3 Å². The van der Waals surface area contributed by atoms with Crippen LogP contribution in [0.4, 0.5) is 0 Å². The Labute approximate surface area is 197 Å². The van der Waals surface area contributed by atoms with E-state index in [1.54, 1.807) is 19.5 Å². The normalized spacial score (nSPS) is 11.9. The van der Waals surface area contributed by atoms with Gasteiger partial charge >= 0.3 is 0 Å². The minimum atomic E-state index is -0.396. The monoisotopic (exact) mass is 461 g/mol. The summed E-state index contributed by atoms with van der Waals surface area (Å²) in [6.45, 7) is 4.18. The first-order valence-corrected chi connectivity index (χ1v) is 11.6. The van der Waals surface area contributed by atoms with Gasteiger partial charge in [0, 0.05) is 31.8 Å². The van der Waals surface area contributed by atoms with Crippen LogP contribution in [0.5, 0.6) is 5.75 Å². The number of aromatic nitrogens is 4. The largest absolute Gasteiger partial charge is 0.497 e. The molecule has 2 aromatic heterocycles. The number of hydrogen-bond donors (Lipinski definition) is 1. The van der Waals surface area contributed by atoms with Crippen LogP contribution in [0.15, 0.2) is 72.4 Å². The van der Waals surface area contributed by atoms with Crippen LogP contribution in [0, 0.1) is 13.8 Å². The van der Waals surface area contributed by atoms with Crippen molar-refractivity contribution in [1.29, 1.82) is 0 Å². The molecule has 1 amide bonds. The second-order valence-corrected chi connectivity index (χ2v) is 8.70. The Morgan fingerprint density at radius 1 is 1.12 bits per heavy atom. The Hall–Kier alpha value is -3.52. The molecule has 0 aliphatic heterocycles. The van der Waals surface area contributed by atoms with Gasteiger partial charge in [0.25, 0.3) is 0 Å². The molecule has 0 spiro atoms. The van der Waals surface area contributed by atoms with Gasteiger partial charge in [-0.05, 0) is 48.7 Å². The van der Waals surface area contributed by atoms with Gasteiger partial charge in [0.1, 0.15) is 17.6 Å². The first-order valence-electron chi connectivity index (χ1n) is 10.6. The minimum absolute atomic E-state index is 0.105. The van der Waals surface area contributed by atoms with Crippen LogP contribution in [-0.4, -0.2) is 37.9 Å². The van der Waals surface area contributed by atoms with E-state index in [0.29, 0.717) is 0 Å². The zero-order valence-corrected chi connectivity index (χ0v) is 20.0. The summed E-state index contributed by atoms with van der Waals surface area (Å²) >= 11 is 1.41. The highest BCUT2D eigenvalue weighted by molar-refractivity contribution is 7.99. The van der Waals surface area contributed by atoms with Crippen LogP contribution < -0.4 is 10.1 Å². The fourth-order valence-corrected chi connectivity index (χ4v) is 4.46. The number of nitrogens with one attached hydrogen (secondary N) is 1. The van der Waals surface area contributed by atoms with E-state index in [1.807, 2.05) is 58.9 Å². The molecule has 0 saturated carbocycles. The lowest BCUT2D eigenvalue weighted by molar-refractivity contribution is -0.119. The fraction of sp³-hybridized carbons (Fsp3) is 0.240. The molecule has 0 aliphatic carbocycles. The number of aryl methyl sites for hydroxylation is 2. The fourth-order valence-electron chi connectivity index (χ4n) is 3.68. The highest BCUT2D eigenvalue weighted by atomic mass is 32.2. The van der Waals surface area contributed by atoms with E-state index in [0.717, 1.165) is 28.0 Å². The molecule has 4 aromatic rings. The predicted molar refractivity (Wildman–Crippen MR) is 130 cm³/mol. The molecule has 0 bridgehead atoms. The second-order valence-electron chi connectivity index (χ2n) is 7.76. The molecular formula is C25H27N5O2S. The Morgan fingerprint density at radius 2 is 1.91 bits per heavy atom. The zero-order chi connectivity index (χ0) is 23.4. The predicted octanol–water partition coefficient (Wildman–Crippen LogP) is 4.23. The molecule has 1 N–H and O–H groups in total. The summed E-state index contributed by atoms with van der Waals surface area (Å²) in [5.41, 5.74) is 4.37. The number of imidazole rings is 2. The number of nitrogens with zero attached hydrogens (tertiary/aromatic N) is 4. The topological polar surface area (TPSA) is 74.0 Å². The van der Waals surface area contributed by atoms with Crippen LogP contribution in [0.2, 0.25) is 0 Å². The number of rotatable bonds is 8. The van der Waals surface area contributed by atoms with Crippen molar-refractivity contribution in [3.05, 3.63) is 89.8 Å². The van der Waals surface area contributed by atoms with E-state index in [9.17, 15) is 4.79 Å². The lowest BCUT2D eigenvalue weighted by Crippen LogP contribution is -2.32. The van der Waals surface area contributed by atoms with Crippen molar-refractivity contribution in [2.24, 2.45) is 7.05 Å². The van der Waals surface area contributed by atoms with Crippen molar-refractivity contribution in [3.63, 3.8) is 0 Å². The molecule has 170 valence electrons. The molecule has 0 fully saturated rings. The van der Waals surface area contributed by atoms with Gasteiger partial charge in [0.05, 0.1) is 18.6 Å². The molecule has 0 unspecified atom stereocenters. The summed E-state index contributed by atoms with van der Waals surface area (Å²) in [4.78, 5) is 22.0. The highest BCUT2D eigenvalue weighted by Gasteiger charge is 2.22. The number of hydrogen-bond acceptors (Lipinski definition) is 5. The zero-order valence-electron chi connectivity index (χ0n) is 19.1. The van der Waals surface area contributed by atoms with E-state index >= 15 is 0 Å². The summed E-state index contributed by atoms with van der Waals surface area (Å²) in [7, 11) is 3.54. The van der Waals surface area contributed by atoms with Crippen LogP contribution in [-0.2, 0) is 11.8 Å². The van der Waals surface area contributed by atoms with E-state index < -0.39 is 6.04 Å². The molecule has 8 heteroatoms. The number of benzene rings is 2. The maximum atomic E-state index is 13.0. The SMILES string of the molecule is COc1cccc([C@H](NC(=O)CSc2nccn2-c2cccc(C)c2C)c2nccn2C)c1. The number of carbonyl (C=O) groups is 1. The number of ether oxygens (including phenoxy) is 1. The van der Waals surface area contributed by atoms with Gasteiger partial charge in [-0.3, -0.25) is 9.36 Å². The maximum Gasteiger partial charge on any atom is 0.231 e. The lowest BCUT2D eigenvalue weighted by Gasteiger charge is -2.20. The van der Waals surface area contributed by atoms with Gasteiger partial charge in [-0.15, -0.1) is 0 Å². The molecule has 0 aliphatic rings. The van der Waals surface area contributed by atoms with E-state index in [-0.39, 0.29) is 11.7 Å².